The Morgan fingerprint density at radius 3 is 2.27 bits per heavy atom. The number of fused-ring (bicyclic) bond motifs is 1. The molecule has 1 N–H and O–H groups in total. The molecule has 0 fully saturated rings. The summed E-state index contributed by atoms with van der Waals surface area (Å²) >= 11 is 12.6. The van der Waals surface area contributed by atoms with E-state index in [2.05, 4.69) is 29.8 Å². The highest BCUT2D eigenvalue weighted by Crippen LogP contribution is 2.36. The largest absolute Gasteiger partial charge is 0.325 e. The molecular formula is C21H25Cl2N3. The van der Waals surface area contributed by atoms with Crippen molar-refractivity contribution in [3.63, 3.8) is 0 Å². The van der Waals surface area contributed by atoms with E-state index in [-0.39, 0.29) is 0 Å². The van der Waals surface area contributed by atoms with Gasteiger partial charge in [0.05, 0.1) is 10.5 Å². The van der Waals surface area contributed by atoms with Crippen LogP contribution in [-0.4, -0.2) is 9.55 Å². The molecule has 0 spiro atoms. The van der Waals surface area contributed by atoms with Gasteiger partial charge < -0.3 is 9.88 Å². The Morgan fingerprint density at radius 1 is 1.08 bits per heavy atom. The molecule has 0 radical (unpaired) electrons. The predicted molar refractivity (Wildman–Crippen MR) is 113 cm³/mol. The van der Waals surface area contributed by atoms with Crippen LogP contribution in [0.4, 0.5) is 11.6 Å². The van der Waals surface area contributed by atoms with Crippen LogP contribution in [0.2, 0.25) is 10.0 Å². The van der Waals surface area contributed by atoms with Crippen molar-refractivity contribution in [1.29, 1.82) is 0 Å². The Hall–Kier alpha value is -1.71. The summed E-state index contributed by atoms with van der Waals surface area (Å²) in [6.45, 7) is 8.55. The molecule has 0 saturated carbocycles. The first-order valence-corrected chi connectivity index (χ1v) is 9.81. The standard InChI is InChI=1S/C21H25Cl2N3/c1-6-14(7-2)16-8-9-17(23)19-20(16)26(5)21(25-19)24-18-12(3)10-15(22)11-13(18)4/h8-11,14H,6-7H2,1-5H3,(H,24,25). The van der Waals surface area contributed by atoms with Crippen LogP contribution in [0.5, 0.6) is 0 Å². The van der Waals surface area contributed by atoms with Gasteiger partial charge in [0.25, 0.3) is 0 Å². The van der Waals surface area contributed by atoms with Crippen molar-refractivity contribution in [2.75, 3.05) is 5.32 Å². The normalized spacial score (nSPS) is 11.5. The smallest absolute Gasteiger partial charge is 0.208 e. The number of aryl methyl sites for hydroxylation is 3. The molecule has 0 amide bonds. The second-order valence-corrected chi connectivity index (χ2v) is 7.72. The van der Waals surface area contributed by atoms with Crippen molar-refractivity contribution in [2.45, 2.75) is 46.5 Å². The van der Waals surface area contributed by atoms with Crippen molar-refractivity contribution in [1.82, 2.24) is 9.55 Å². The van der Waals surface area contributed by atoms with Crippen LogP contribution in [0.1, 0.15) is 49.3 Å². The summed E-state index contributed by atoms with van der Waals surface area (Å²) in [6.07, 6.45) is 2.19. The minimum atomic E-state index is 0.497. The molecule has 0 aliphatic heterocycles. The number of hydrogen-bond donors (Lipinski definition) is 1. The Bertz CT molecular complexity index is 933. The minimum absolute atomic E-state index is 0.497. The van der Waals surface area contributed by atoms with E-state index in [1.165, 1.54) is 5.56 Å². The highest BCUT2D eigenvalue weighted by atomic mass is 35.5. The van der Waals surface area contributed by atoms with E-state index in [1.807, 2.05) is 39.1 Å². The average molecular weight is 390 g/mol. The summed E-state index contributed by atoms with van der Waals surface area (Å²) in [5, 5.41) is 4.92. The van der Waals surface area contributed by atoms with Crippen LogP contribution in [0.25, 0.3) is 11.0 Å². The molecule has 0 aliphatic rings. The second kappa shape index (κ2) is 7.50. The van der Waals surface area contributed by atoms with Gasteiger partial charge in [0.15, 0.2) is 0 Å². The molecule has 26 heavy (non-hydrogen) atoms. The fourth-order valence-corrected chi connectivity index (χ4v) is 4.23. The Balaban J connectivity index is 2.16. The van der Waals surface area contributed by atoms with Gasteiger partial charge in [-0.05, 0) is 67.5 Å². The number of rotatable bonds is 5. The fourth-order valence-electron chi connectivity index (χ4n) is 3.71. The number of hydrogen-bond acceptors (Lipinski definition) is 2. The van der Waals surface area contributed by atoms with Crippen molar-refractivity contribution >= 4 is 45.9 Å². The Labute approximate surface area is 165 Å². The van der Waals surface area contributed by atoms with Crippen molar-refractivity contribution in [2.24, 2.45) is 7.05 Å². The van der Waals surface area contributed by atoms with Crippen LogP contribution < -0.4 is 5.32 Å². The summed E-state index contributed by atoms with van der Waals surface area (Å²) in [7, 11) is 2.04. The first-order valence-electron chi connectivity index (χ1n) is 9.05. The Morgan fingerprint density at radius 2 is 1.69 bits per heavy atom. The van der Waals surface area contributed by atoms with Gasteiger partial charge >= 0.3 is 0 Å². The van der Waals surface area contributed by atoms with Crippen molar-refractivity contribution in [3.05, 3.63) is 51.0 Å². The van der Waals surface area contributed by atoms with Crippen LogP contribution in [-0.2, 0) is 7.05 Å². The zero-order chi connectivity index (χ0) is 19.0. The SMILES string of the molecule is CCC(CC)c1ccc(Cl)c2nc(Nc3c(C)cc(Cl)cc3C)n(C)c12. The highest BCUT2D eigenvalue weighted by Gasteiger charge is 2.19. The van der Waals surface area contributed by atoms with Gasteiger partial charge in [-0.2, -0.15) is 0 Å². The molecular weight excluding hydrogens is 365 g/mol. The molecule has 0 atom stereocenters. The lowest BCUT2D eigenvalue weighted by atomic mass is 9.93. The third-order valence-electron chi connectivity index (χ3n) is 5.16. The summed E-state index contributed by atoms with van der Waals surface area (Å²) in [4.78, 5) is 4.81. The zero-order valence-corrected chi connectivity index (χ0v) is 17.5. The van der Waals surface area contributed by atoms with Gasteiger partial charge in [-0.15, -0.1) is 0 Å². The molecule has 1 aromatic heterocycles. The number of benzene rings is 2. The third-order valence-corrected chi connectivity index (χ3v) is 5.69. The average Bonchev–Trinajstić information content (AvgIpc) is 2.92. The molecule has 0 saturated heterocycles. The molecule has 138 valence electrons. The summed E-state index contributed by atoms with van der Waals surface area (Å²) in [5.74, 6) is 1.28. The molecule has 5 heteroatoms. The quantitative estimate of drug-likeness (QED) is 0.502. The van der Waals surface area contributed by atoms with E-state index < -0.39 is 0 Å². The molecule has 3 rings (SSSR count). The summed E-state index contributed by atoms with van der Waals surface area (Å²) < 4.78 is 2.11. The number of halogens is 2. The zero-order valence-electron chi connectivity index (χ0n) is 16.0. The molecule has 3 nitrogen and oxygen atoms in total. The number of anilines is 2. The van der Waals surface area contributed by atoms with E-state index in [1.54, 1.807) is 0 Å². The first-order chi connectivity index (χ1) is 12.4. The number of nitrogens with zero attached hydrogens (tertiary/aromatic N) is 2. The van der Waals surface area contributed by atoms with E-state index in [9.17, 15) is 0 Å². The first kappa shape index (κ1) is 19.1. The van der Waals surface area contributed by atoms with Gasteiger partial charge in [0.1, 0.15) is 5.52 Å². The number of imidazole rings is 1. The fraction of sp³-hybridized carbons (Fsp3) is 0.381. The predicted octanol–water partition coefficient (Wildman–Crippen LogP) is 7.14. The van der Waals surface area contributed by atoms with Crippen LogP contribution in [0.15, 0.2) is 24.3 Å². The van der Waals surface area contributed by atoms with E-state index in [0.717, 1.165) is 51.7 Å². The summed E-state index contributed by atoms with van der Waals surface area (Å²) in [6, 6.07) is 8.03. The molecule has 2 aromatic carbocycles. The second-order valence-electron chi connectivity index (χ2n) is 6.88. The molecule has 1 heterocycles. The van der Waals surface area contributed by atoms with Crippen LogP contribution >= 0.6 is 23.2 Å². The Kier molecular flexibility index (Phi) is 5.50. The molecule has 0 unspecified atom stereocenters. The number of aromatic nitrogens is 2. The van der Waals surface area contributed by atoms with Crippen LogP contribution in [0.3, 0.4) is 0 Å². The lowest BCUT2D eigenvalue weighted by molar-refractivity contribution is 0.643. The van der Waals surface area contributed by atoms with Gasteiger partial charge in [0, 0.05) is 17.8 Å². The third kappa shape index (κ3) is 3.30. The lowest BCUT2D eigenvalue weighted by Gasteiger charge is -2.16. The number of nitrogens with one attached hydrogen (secondary N) is 1. The molecule has 0 bridgehead atoms. The maximum Gasteiger partial charge on any atom is 0.208 e. The summed E-state index contributed by atoms with van der Waals surface area (Å²) in [5.41, 5.74) is 6.49. The maximum atomic E-state index is 6.47. The lowest BCUT2D eigenvalue weighted by Crippen LogP contribution is -2.04. The van der Waals surface area contributed by atoms with Crippen LogP contribution in [0, 0.1) is 13.8 Å². The van der Waals surface area contributed by atoms with Gasteiger partial charge in [-0.25, -0.2) is 4.98 Å². The van der Waals surface area contributed by atoms with E-state index >= 15 is 0 Å². The highest BCUT2D eigenvalue weighted by molar-refractivity contribution is 6.35. The monoisotopic (exact) mass is 389 g/mol. The maximum absolute atomic E-state index is 6.47. The van der Waals surface area contributed by atoms with Gasteiger partial charge in [-0.1, -0.05) is 43.1 Å². The van der Waals surface area contributed by atoms with Gasteiger partial charge in [0.2, 0.25) is 5.95 Å². The van der Waals surface area contributed by atoms with Gasteiger partial charge in [-0.3, -0.25) is 0 Å². The topological polar surface area (TPSA) is 29.9 Å². The molecule has 3 aromatic rings. The molecule has 0 aliphatic carbocycles. The minimum Gasteiger partial charge on any atom is -0.325 e. The van der Waals surface area contributed by atoms with E-state index in [0.29, 0.717) is 10.9 Å². The van der Waals surface area contributed by atoms with Crippen molar-refractivity contribution in [3.8, 4) is 0 Å². The van der Waals surface area contributed by atoms with E-state index in [4.69, 9.17) is 28.2 Å². The van der Waals surface area contributed by atoms with Crippen molar-refractivity contribution < 1.29 is 0 Å².